The molecular weight excluding hydrogens is 168 g/mol. The smallest absolute Gasteiger partial charge is 0.0798 e. The Kier molecular flexibility index (Phi) is 2.47. The standard InChI is InChI=1S/C10H14OS/c11-10(4-3-8-1-2-8)9-5-6-12-7-9/h5-8,10-11H,1-4H2. The summed E-state index contributed by atoms with van der Waals surface area (Å²) in [5.41, 5.74) is 1.10. The molecule has 1 unspecified atom stereocenters. The van der Waals surface area contributed by atoms with Crippen LogP contribution in [0.15, 0.2) is 16.8 Å². The van der Waals surface area contributed by atoms with E-state index in [2.05, 4.69) is 0 Å². The van der Waals surface area contributed by atoms with Crippen molar-refractivity contribution in [3.63, 3.8) is 0 Å². The Morgan fingerprint density at radius 1 is 1.58 bits per heavy atom. The lowest BCUT2D eigenvalue weighted by molar-refractivity contribution is 0.163. The van der Waals surface area contributed by atoms with Crippen molar-refractivity contribution in [3.05, 3.63) is 22.4 Å². The van der Waals surface area contributed by atoms with E-state index in [4.69, 9.17) is 0 Å². The minimum atomic E-state index is -0.211. The molecule has 1 nitrogen and oxygen atoms in total. The van der Waals surface area contributed by atoms with Crippen LogP contribution in [0.5, 0.6) is 0 Å². The van der Waals surface area contributed by atoms with Crippen molar-refractivity contribution in [2.75, 3.05) is 0 Å². The van der Waals surface area contributed by atoms with E-state index in [9.17, 15) is 5.11 Å². The van der Waals surface area contributed by atoms with Crippen molar-refractivity contribution >= 4 is 11.3 Å². The van der Waals surface area contributed by atoms with Crippen LogP contribution in [0.4, 0.5) is 0 Å². The summed E-state index contributed by atoms with van der Waals surface area (Å²) in [6.07, 6.45) is 4.71. The van der Waals surface area contributed by atoms with E-state index in [-0.39, 0.29) is 6.10 Å². The lowest BCUT2D eigenvalue weighted by atomic mass is 10.1. The van der Waals surface area contributed by atoms with Crippen LogP contribution in [-0.2, 0) is 0 Å². The van der Waals surface area contributed by atoms with E-state index >= 15 is 0 Å². The van der Waals surface area contributed by atoms with Crippen molar-refractivity contribution in [3.8, 4) is 0 Å². The summed E-state index contributed by atoms with van der Waals surface area (Å²) in [4.78, 5) is 0. The molecule has 0 aromatic carbocycles. The van der Waals surface area contributed by atoms with Crippen molar-refractivity contribution in [2.45, 2.75) is 31.8 Å². The van der Waals surface area contributed by atoms with Crippen LogP contribution in [0.1, 0.15) is 37.4 Å². The molecule has 1 saturated carbocycles. The van der Waals surface area contributed by atoms with Gasteiger partial charge < -0.3 is 5.11 Å². The monoisotopic (exact) mass is 182 g/mol. The van der Waals surface area contributed by atoms with Crippen LogP contribution in [0.25, 0.3) is 0 Å². The van der Waals surface area contributed by atoms with Gasteiger partial charge in [-0.15, -0.1) is 0 Å². The fourth-order valence-electron chi connectivity index (χ4n) is 1.43. The first-order valence-corrected chi connectivity index (χ1v) is 5.50. The molecule has 66 valence electrons. The van der Waals surface area contributed by atoms with Gasteiger partial charge in [-0.05, 0) is 41.1 Å². The molecule has 0 saturated heterocycles. The molecule has 1 heterocycles. The van der Waals surface area contributed by atoms with Crippen LogP contribution >= 0.6 is 11.3 Å². The normalized spacial score (nSPS) is 19.4. The highest BCUT2D eigenvalue weighted by molar-refractivity contribution is 7.07. The quantitative estimate of drug-likeness (QED) is 0.759. The van der Waals surface area contributed by atoms with E-state index in [1.807, 2.05) is 16.8 Å². The predicted molar refractivity (Wildman–Crippen MR) is 51.2 cm³/mol. The zero-order valence-electron chi connectivity index (χ0n) is 7.07. The van der Waals surface area contributed by atoms with E-state index in [1.54, 1.807) is 11.3 Å². The molecular formula is C10H14OS. The maximum Gasteiger partial charge on any atom is 0.0798 e. The van der Waals surface area contributed by atoms with Crippen molar-refractivity contribution < 1.29 is 5.11 Å². The van der Waals surface area contributed by atoms with Gasteiger partial charge in [-0.25, -0.2) is 0 Å². The molecule has 0 bridgehead atoms. The minimum absolute atomic E-state index is 0.211. The van der Waals surface area contributed by atoms with Crippen LogP contribution in [-0.4, -0.2) is 5.11 Å². The largest absolute Gasteiger partial charge is 0.388 e. The van der Waals surface area contributed by atoms with Gasteiger partial charge in [0.05, 0.1) is 6.10 Å². The Bertz CT molecular complexity index is 226. The summed E-state index contributed by atoms with van der Waals surface area (Å²) in [6.45, 7) is 0. The van der Waals surface area contributed by atoms with Gasteiger partial charge in [0.2, 0.25) is 0 Å². The van der Waals surface area contributed by atoms with Gasteiger partial charge in [-0.2, -0.15) is 11.3 Å². The third kappa shape index (κ3) is 2.08. The molecule has 1 aliphatic carbocycles. The Balaban J connectivity index is 1.79. The number of aliphatic hydroxyl groups excluding tert-OH is 1. The molecule has 0 amide bonds. The second-order valence-electron chi connectivity index (χ2n) is 3.59. The molecule has 1 aliphatic rings. The number of aliphatic hydroxyl groups is 1. The van der Waals surface area contributed by atoms with Gasteiger partial charge in [0.15, 0.2) is 0 Å². The van der Waals surface area contributed by atoms with Crippen LogP contribution in [0.3, 0.4) is 0 Å². The molecule has 2 rings (SSSR count). The fraction of sp³-hybridized carbons (Fsp3) is 0.600. The summed E-state index contributed by atoms with van der Waals surface area (Å²) in [5.74, 6) is 0.929. The minimum Gasteiger partial charge on any atom is -0.388 e. The molecule has 1 N–H and O–H groups in total. The molecule has 0 radical (unpaired) electrons. The maximum absolute atomic E-state index is 9.69. The van der Waals surface area contributed by atoms with Crippen molar-refractivity contribution in [2.24, 2.45) is 5.92 Å². The van der Waals surface area contributed by atoms with E-state index < -0.39 is 0 Å². The van der Waals surface area contributed by atoms with E-state index in [0.29, 0.717) is 0 Å². The highest BCUT2D eigenvalue weighted by atomic mass is 32.1. The number of hydrogen-bond donors (Lipinski definition) is 1. The highest BCUT2D eigenvalue weighted by Crippen LogP contribution is 2.35. The first-order chi connectivity index (χ1) is 5.86. The zero-order chi connectivity index (χ0) is 8.39. The third-order valence-corrected chi connectivity index (χ3v) is 3.17. The lowest BCUT2D eigenvalue weighted by Gasteiger charge is -2.06. The second-order valence-corrected chi connectivity index (χ2v) is 4.37. The Morgan fingerprint density at radius 3 is 3.00 bits per heavy atom. The van der Waals surface area contributed by atoms with E-state index in [0.717, 1.165) is 17.9 Å². The molecule has 1 fully saturated rings. The van der Waals surface area contributed by atoms with Gasteiger partial charge in [0, 0.05) is 0 Å². The predicted octanol–water partition coefficient (Wildman–Crippen LogP) is 2.97. The fourth-order valence-corrected chi connectivity index (χ4v) is 2.14. The zero-order valence-corrected chi connectivity index (χ0v) is 7.89. The summed E-state index contributed by atoms with van der Waals surface area (Å²) in [5, 5.41) is 13.8. The molecule has 0 aliphatic heterocycles. The molecule has 12 heavy (non-hydrogen) atoms. The average Bonchev–Trinajstić information content (AvgIpc) is 2.74. The number of thiophene rings is 1. The van der Waals surface area contributed by atoms with Gasteiger partial charge in [-0.1, -0.05) is 12.8 Å². The summed E-state index contributed by atoms with van der Waals surface area (Å²) in [6, 6.07) is 2.02. The number of hydrogen-bond acceptors (Lipinski definition) is 2. The SMILES string of the molecule is OC(CCC1CC1)c1ccsc1. The topological polar surface area (TPSA) is 20.2 Å². The molecule has 2 heteroatoms. The van der Waals surface area contributed by atoms with Gasteiger partial charge in [0.25, 0.3) is 0 Å². The molecule has 1 atom stereocenters. The second kappa shape index (κ2) is 3.58. The number of rotatable bonds is 4. The van der Waals surface area contributed by atoms with Crippen molar-refractivity contribution in [1.29, 1.82) is 0 Å². The Labute approximate surface area is 77.0 Å². The first kappa shape index (κ1) is 8.27. The van der Waals surface area contributed by atoms with E-state index in [1.165, 1.54) is 19.3 Å². The van der Waals surface area contributed by atoms with Crippen LogP contribution < -0.4 is 0 Å². The van der Waals surface area contributed by atoms with Crippen LogP contribution in [0.2, 0.25) is 0 Å². The van der Waals surface area contributed by atoms with Crippen molar-refractivity contribution in [1.82, 2.24) is 0 Å². The third-order valence-electron chi connectivity index (χ3n) is 2.47. The maximum atomic E-state index is 9.69. The lowest BCUT2D eigenvalue weighted by Crippen LogP contribution is -1.95. The van der Waals surface area contributed by atoms with Gasteiger partial charge in [0.1, 0.15) is 0 Å². The van der Waals surface area contributed by atoms with Crippen LogP contribution in [0, 0.1) is 5.92 Å². The molecule has 1 aromatic rings. The summed E-state index contributed by atoms with van der Waals surface area (Å²) < 4.78 is 0. The summed E-state index contributed by atoms with van der Waals surface area (Å²) in [7, 11) is 0. The summed E-state index contributed by atoms with van der Waals surface area (Å²) >= 11 is 1.66. The highest BCUT2D eigenvalue weighted by Gasteiger charge is 2.22. The Hall–Kier alpha value is -0.340. The molecule has 0 spiro atoms. The Morgan fingerprint density at radius 2 is 2.42 bits per heavy atom. The van der Waals surface area contributed by atoms with Gasteiger partial charge in [-0.3, -0.25) is 0 Å². The van der Waals surface area contributed by atoms with Gasteiger partial charge >= 0.3 is 0 Å². The molecule has 1 aromatic heterocycles. The first-order valence-electron chi connectivity index (χ1n) is 4.56. The average molecular weight is 182 g/mol.